The maximum absolute atomic E-state index is 13.8. The molecule has 0 aliphatic carbocycles. The fraction of sp³-hybridized carbons (Fsp3) is 0.0455. The first-order chi connectivity index (χ1) is 14.8. The van der Waals surface area contributed by atoms with Crippen LogP contribution in [-0.2, 0) is 6.61 Å². The number of Topliss-reactive ketones (excluding diaryl/α,β-unsaturated/α-hetero) is 1. The molecule has 3 nitrogen and oxygen atoms in total. The summed E-state index contributed by atoms with van der Waals surface area (Å²) < 4.78 is 90.8. The average Bonchev–Trinajstić information content (AvgIpc) is 3.07. The highest BCUT2D eigenvalue weighted by atomic mass is 19.2. The molecule has 4 rings (SSSR count). The van der Waals surface area contributed by atoms with Crippen molar-refractivity contribution in [3.8, 4) is 11.5 Å². The number of rotatable bonds is 4. The number of carbonyl (C=O) groups excluding carboxylic acids is 1. The molecular formula is C22H10F6O3. The van der Waals surface area contributed by atoms with Crippen molar-refractivity contribution in [2.45, 2.75) is 6.61 Å². The van der Waals surface area contributed by atoms with Crippen LogP contribution in [0.3, 0.4) is 0 Å². The minimum atomic E-state index is -2.26. The Kier molecular flexibility index (Phi) is 5.18. The smallest absolute Gasteiger partial charge is 0.231 e. The van der Waals surface area contributed by atoms with E-state index >= 15 is 0 Å². The molecule has 0 radical (unpaired) electrons. The van der Waals surface area contributed by atoms with Crippen molar-refractivity contribution in [3.05, 3.63) is 99.8 Å². The van der Waals surface area contributed by atoms with Crippen molar-refractivity contribution in [1.82, 2.24) is 0 Å². The number of benzene rings is 3. The first kappa shape index (κ1) is 20.5. The van der Waals surface area contributed by atoms with Crippen LogP contribution < -0.4 is 9.47 Å². The van der Waals surface area contributed by atoms with Gasteiger partial charge in [0.25, 0.3) is 0 Å². The largest absolute Gasteiger partial charge is 0.489 e. The second-order valence-electron chi connectivity index (χ2n) is 6.49. The summed E-state index contributed by atoms with van der Waals surface area (Å²) in [5.41, 5.74) is -0.442. The van der Waals surface area contributed by atoms with Crippen LogP contribution in [0.4, 0.5) is 26.3 Å². The molecule has 0 N–H and O–H groups in total. The maximum atomic E-state index is 13.8. The van der Waals surface area contributed by atoms with Crippen LogP contribution in [-0.4, -0.2) is 5.78 Å². The lowest BCUT2D eigenvalue weighted by Gasteiger charge is -2.10. The summed E-state index contributed by atoms with van der Waals surface area (Å²) in [5.74, 6) is -11.3. The van der Waals surface area contributed by atoms with Gasteiger partial charge in [-0.2, -0.15) is 0 Å². The summed E-state index contributed by atoms with van der Waals surface area (Å²) in [5, 5.41) is 0. The van der Waals surface area contributed by atoms with Crippen molar-refractivity contribution < 1.29 is 40.6 Å². The zero-order valence-electron chi connectivity index (χ0n) is 15.3. The third-order valence-corrected chi connectivity index (χ3v) is 4.49. The second kappa shape index (κ2) is 7.82. The highest BCUT2D eigenvalue weighted by Gasteiger charge is 2.29. The number of fused-ring (bicyclic) bond motifs is 1. The maximum Gasteiger partial charge on any atom is 0.231 e. The van der Waals surface area contributed by atoms with Crippen LogP contribution in [0.5, 0.6) is 11.5 Å². The molecule has 3 aromatic carbocycles. The predicted octanol–water partition coefficient (Wildman–Crippen LogP) is 5.72. The van der Waals surface area contributed by atoms with Gasteiger partial charge in [0.2, 0.25) is 11.6 Å². The molecule has 1 aliphatic heterocycles. The van der Waals surface area contributed by atoms with E-state index in [0.717, 1.165) is 0 Å². The predicted molar refractivity (Wildman–Crippen MR) is 96.3 cm³/mol. The van der Waals surface area contributed by atoms with Gasteiger partial charge in [0.05, 0.1) is 11.1 Å². The zero-order chi connectivity index (χ0) is 22.3. The van der Waals surface area contributed by atoms with E-state index < -0.39 is 52.9 Å². The molecule has 1 aliphatic rings. The number of ketones is 1. The van der Waals surface area contributed by atoms with E-state index in [-0.39, 0.29) is 22.8 Å². The molecule has 1 heterocycles. The molecule has 0 atom stereocenters. The van der Waals surface area contributed by atoms with Crippen LogP contribution in [0.2, 0.25) is 0 Å². The van der Waals surface area contributed by atoms with Gasteiger partial charge in [-0.15, -0.1) is 0 Å². The van der Waals surface area contributed by atoms with Gasteiger partial charge in [-0.25, -0.2) is 26.3 Å². The van der Waals surface area contributed by atoms with E-state index in [1.54, 1.807) is 0 Å². The van der Waals surface area contributed by atoms with E-state index in [1.165, 1.54) is 48.5 Å². The van der Waals surface area contributed by atoms with E-state index in [1.807, 2.05) is 0 Å². The molecule has 0 spiro atoms. The first-order valence-electron chi connectivity index (χ1n) is 8.73. The molecule has 0 bridgehead atoms. The fourth-order valence-corrected chi connectivity index (χ4v) is 2.90. The number of hydrogen-bond acceptors (Lipinski definition) is 3. The monoisotopic (exact) mass is 436 g/mol. The number of carbonyl (C=O) groups is 1. The molecule has 0 fully saturated rings. The zero-order valence-corrected chi connectivity index (χ0v) is 15.3. The Balaban J connectivity index is 1.55. The van der Waals surface area contributed by atoms with E-state index in [2.05, 4.69) is 0 Å². The Hall–Kier alpha value is -3.75. The number of hydrogen-bond donors (Lipinski definition) is 0. The van der Waals surface area contributed by atoms with Gasteiger partial charge in [0, 0.05) is 6.07 Å². The Labute approximate surface area is 171 Å². The molecule has 0 unspecified atom stereocenters. The van der Waals surface area contributed by atoms with E-state index in [4.69, 9.17) is 9.47 Å². The summed E-state index contributed by atoms with van der Waals surface area (Å²) in [6, 6.07) is 9.17. The highest BCUT2D eigenvalue weighted by molar-refractivity contribution is 6.14. The van der Waals surface area contributed by atoms with Gasteiger partial charge < -0.3 is 9.47 Å². The van der Waals surface area contributed by atoms with Gasteiger partial charge in [-0.3, -0.25) is 4.79 Å². The average molecular weight is 436 g/mol. The number of allylic oxidation sites excluding steroid dienone is 1. The lowest BCUT2D eigenvalue weighted by Crippen LogP contribution is -2.09. The molecule has 3 aromatic rings. The Bertz CT molecular complexity index is 1210. The van der Waals surface area contributed by atoms with Crippen LogP contribution in [0.25, 0.3) is 6.08 Å². The van der Waals surface area contributed by atoms with E-state index in [9.17, 15) is 31.1 Å². The number of halogens is 6. The normalized spacial score (nSPS) is 14.0. The Morgan fingerprint density at radius 2 is 1.42 bits per heavy atom. The summed E-state index contributed by atoms with van der Waals surface area (Å²) >= 11 is 0. The summed E-state index contributed by atoms with van der Waals surface area (Å²) in [7, 11) is 0. The third-order valence-electron chi connectivity index (χ3n) is 4.49. The molecule has 158 valence electrons. The second-order valence-corrected chi connectivity index (χ2v) is 6.49. The van der Waals surface area contributed by atoms with Crippen molar-refractivity contribution >= 4 is 11.9 Å². The van der Waals surface area contributed by atoms with Crippen molar-refractivity contribution in [3.63, 3.8) is 0 Å². The van der Waals surface area contributed by atoms with Gasteiger partial charge in [0.1, 0.15) is 23.9 Å². The Morgan fingerprint density at radius 1 is 0.806 bits per heavy atom. The van der Waals surface area contributed by atoms with Crippen LogP contribution in [0.15, 0.2) is 48.2 Å². The first-order valence-corrected chi connectivity index (χ1v) is 8.73. The third kappa shape index (κ3) is 3.74. The standard InChI is InChI=1S/C22H10F6O3/c23-11-3-1-10(2-4-11)7-16-22(29)13-6-5-12(8-15(13)31-16)30-9-14-17(24)19(26)21(28)20(27)18(14)25/h1-8H,9H2/b16-7-. The summed E-state index contributed by atoms with van der Waals surface area (Å²) in [6.07, 6.45) is 1.40. The highest BCUT2D eigenvalue weighted by Crippen LogP contribution is 2.35. The quantitative estimate of drug-likeness (QED) is 0.227. The van der Waals surface area contributed by atoms with Gasteiger partial charge in [-0.1, -0.05) is 12.1 Å². The van der Waals surface area contributed by atoms with Crippen molar-refractivity contribution in [1.29, 1.82) is 0 Å². The van der Waals surface area contributed by atoms with Gasteiger partial charge in [0.15, 0.2) is 29.0 Å². The minimum Gasteiger partial charge on any atom is -0.489 e. The lowest BCUT2D eigenvalue weighted by atomic mass is 10.1. The van der Waals surface area contributed by atoms with Gasteiger partial charge >= 0.3 is 0 Å². The SMILES string of the molecule is O=C1/C(=C/c2ccc(F)cc2)Oc2cc(OCc3c(F)c(F)c(F)c(F)c3F)ccc21. The number of ether oxygens (including phenoxy) is 2. The van der Waals surface area contributed by atoms with Gasteiger partial charge in [-0.05, 0) is 35.9 Å². The summed E-state index contributed by atoms with van der Waals surface area (Å²) in [4.78, 5) is 12.4. The summed E-state index contributed by atoms with van der Waals surface area (Å²) in [6.45, 7) is -0.948. The molecule has 0 saturated carbocycles. The molecule has 9 heteroatoms. The fourth-order valence-electron chi connectivity index (χ4n) is 2.90. The topological polar surface area (TPSA) is 35.5 Å². The molecule has 0 aromatic heterocycles. The lowest BCUT2D eigenvalue weighted by molar-refractivity contribution is 0.101. The molecule has 0 amide bonds. The van der Waals surface area contributed by atoms with Crippen molar-refractivity contribution in [2.24, 2.45) is 0 Å². The van der Waals surface area contributed by atoms with Crippen molar-refractivity contribution in [2.75, 3.05) is 0 Å². The molecular weight excluding hydrogens is 426 g/mol. The molecule has 31 heavy (non-hydrogen) atoms. The van der Waals surface area contributed by atoms with Crippen LogP contribution in [0.1, 0.15) is 21.5 Å². The van der Waals surface area contributed by atoms with Crippen LogP contribution >= 0.6 is 0 Å². The minimum absolute atomic E-state index is 0.0291. The van der Waals surface area contributed by atoms with Crippen LogP contribution in [0, 0.1) is 34.9 Å². The Morgan fingerprint density at radius 3 is 2.06 bits per heavy atom. The van der Waals surface area contributed by atoms with E-state index in [0.29, 0.717) is 5.56 Å². The molecule has 0 saturated heterocycles.